The van der Waals surface area contributed by atoms with Crippen LogP contribution in [0.4, 0.5) is 5.00 Å². The van der Waals surface area contributed by atoms with Gasteiger partial charge in [0, 0.05) is 15.4 Å². The number of carboxylic acids is 1. The van der Waals surface area contributed by atoms with E-state index in [1.807, 2.05) is 31.2 Å². The number of carbonyl (C=O) groups is 2. The molecule has 5 nitrogen and oxygen atoms in total. The fourth-order valence-corrected chi connectivity index (χ4v) is 5.54. The van der Waals surface area contributed by atoms with Gasteiger partial charge in [-0.3, -0.25) is 4.79 Å². The number of rotatable bonds is 5. The molecule has 0 atom stereocenters. The molecule has 0 saturated carbocycles. The molecule has 0 bridgehead atoms. The van der Waals surface area contributed by atoms with Crippen molar-refractivity contribution in [3.8, 4) is 16.9 Å². The molecular weight excluding hydrogens is 590 g/mol. The number of aromatic carboxylic acids is 1. The van der Waals surface area contributed by atoms with Gasteiger partial charge in [0.05, 0.1) is 21.6 Å². The minimum absolute atomic E-state index is 0.0632. The summed E-state index contributed by atoms with van der Waals surface area (Å²) >= 11 is 11.3. The van der Waals surface area contributed by atoms with E-state index in [1.54, 1.807) is 11.4 Å². The zero-order valence-electron chi connectivity index (χ0n) is 15.2. The zero-order chi connectivity index (χ0) is 21.3. The standard InChI is InChI=1S/C20H14Br3NO4S/c1-9-4-3-5-10(6-9)12-8-29-19(14(12)20(26)27)24-18(25)11-7-13(21)16(23)17(28-2)15(11)22/h3-8H,1-2H3,(H,24,25)(H,26,27). The Kier molecular flexibility index (Phi) is 6.83. The number of anilines is 1. The summed E-state index contributed by atoms with van der Waals surface area (Å²) in [5.74, 6) is -1.11. The maximum Gasteiger partial charge on any atom is 0.339 e. The molecule has 3 rings (SSSR count). The number of ether oxygens (including phenoxy) is 1. The largest absolute Gasteiger partial charge is 0.494 e. The first-order valence-electron chi connectivity index (χ1n) is 8.19. The van der Waals surface area contributed by atoms with Crippen LogP contribution in [-0.2, 0) is 0 Å². The smallest absolute Gasteiger partial charge is 0.339 e. The Labute approximate surface area is 196 Å². The lowest BCUT2D eigenvalue weighted by Gasteiger charge is -2.13. The molecule has 0 fully saturated rings. The van der Waals surface area contributed by atoms with Crippen molar-refractivity contribution in [2.24, 2.45) is 0 Å². The minimum Gasteiger partial charge on any atom is -0.494 e. The van der Waals surface area contributed by atoms with Gasteiger partial charge in [-0.25, -0.2) is 4.79 Å². The van der Waals surface area contributed by atoms with Gasteiger partial charge in [0.1, 0.15) is 16.3 Å². The van der Waals surface area contributed by atoms with Crippen molar-refractivity contribution >= 4 is 76.0 Å². The van der Waals surface area contributed by atoms with Gasteiger partial charge in [-0.2, -0.15) is 0 Å². The molecule has 0 aliphatic carbocycles. The van der Waals surface area contributed by atoms with Gasteiger partial charge in [0.2, 0.25) is 0 Å². The van der Waals surface area contributed by atoms with E-state index >= 15 is 0 Å². The van der Waals surface area contributed by atoms with Crippen LogP contribution in [0.1, 0.15) is 26.3 Å². The maximum atomic E-state index is 12.9. The van der Waals surface area contributed by atoms with E-state index in [-0.39, 0.29) is 10.6 Å². The van der Waals surface area contributed by atoms with Crippen LogP contribution in [0.3, 0.4) is 0 Å². The summed E-state index contributed by atoms with van der Waals surface area (Å²) in [6.07, 6.45) is 0. The lowest BCUT2D eigenvalue weighted by molar-refractivity contribution is 0.0699. The van der Waals surface area contributed by atoms with Crippen LogP contribution in [0, 0.1) is 6.92 Å². The Balaban J connectivity index is 2.03. The van der Waals surface area contributed by atoms with Crippen molar-refractivity contribution in [3.05, 3.63) is 65.8 Å². The highest BCUT2D eigenvalue weighted by atomic mass is 79.9. The molecule has 9 heteroatoms. The predicted molar refractivity (Wildman–Crippen MR) is 125 cm³/mol. The van der Waals surface area contributed by atoms with Crippen molar-refractivity contribution in [2.45, 2.75) is 6.92 Å². The SMILES string of the molecule is COc1c(Br)c(Br)cc(C(=O)Nc2scc(-c3cccc(C)c3)c2C(=O)O)c1Br. The van der Waals surface area contributed by atoms with Crippen LogP contribution < -0.4 is 10.1 Å². The van der Waals surface area contributed by atoms with E-state index in [2.05, 4.69) is 53.1 Å². The van der Waals surface area contributed by atoms with E-state index in [0.717, 1.165) is 11.1 Å². The molecule has 0 spiro atoms. The van der Waals surface area contributed by atoms with Crippen LogP contribution in [-0.4, -0.2) is 24.1 Å². The number of amides is 1. The fourth-order valence-electron chi connectivity index (χ4n) is 2.78. The Morgan fingerprint density at radius 3 is 2.48 bits per heavy atom. The third-order valence-electron chi connectivity index (χ3n) is 4.13. The van der Waals surface area contributed by atoms with Crippen molar-refractivity contribution in [3.63, 3.8) is 0 Å². The molecule has 3 aromatic rings. The van der Waals surface area contributed by atoms with Crippen molar-refractivity contribution in [2.75, 3.05) is 12.4 Å². The first-order valence-corrected chi connectivity index (χ1v) is 11.4. The van der Waals surface area contributed by atoms with Gasteiger partial charge in [-0.1, -0.05) is 29.8 Å². The second-order valence-corrected chi connectivity index (χ2v) is 9.37. The number of aryl methyl sites for hydroxylation is 1. The quantitative estimate of drug-likeness (QED) is 0.309. The minimum atomic E-state index is -1.10. The van der Waals surface area contributed by atoms with E-state index in [0.29, 0.717) is 30.3 Å². The van der Waals surface area contributed by atoms with E-state index in [4.69, 9.17) is 4.74 Å². The van der Waals surface area contributed by atoms with E-state index in [9.17, 15) is 14.7 Å². The zero-order valence-corrected chi connectivity index (χ0v) is 20.8. The van der Waals surface area contributed by atoms with Gasteiger partial charge in [-0.15, -0.1) is 11.3 Å². The van der Waals surface area contributed by atoms with E-state index < -0.39 is 11.9 Å². The lowest BCUT2D eigenvalue weighted by Crippen LogP contribution is -2.14. The molecular formula is C20H14Br3NO4S. The summed E-state index contributed by atoms with van der Waals surface area (Å²) in [4.78, 5) is 24.9. The number of nitrogens with one attached hydrogen (secondary N) is 1. The first kappa shape index (κ1) is 22.0. The second kappa shape index (κ2) is 8.99. The van der Waals surface area contributed by atoms with Crippen LogP contribution in [0.5, 0.6) is 5.75 Å². The molecule has 1 amide bonds. The second-order valence-electron chi connectivity index (χ2n) is 6.05. The molecule has 0 aliphatic heterocycles. The lowest BCUT2D eigenvalue weighted by atomic mass is 10.0. The third kappa shape index (κ3) is 4.42. The third-order valence-corrected chi connectivity index (χ3v) is 7.75. The molecule has 1 aromatic heterocycles. The normalized spacial score (nSPS) is 10.7. The highest BCUT2D eigenvalue weighted by Gasteiger charge is 2.24. The van der Waals surface area contributed by atoms with Crippen LogP contribution in [0.25, 0.3) is 11.1 Å². The Morgan fingerprint density at radius 1 is 1.14 bits per heavy atom. The first-order chi connectivity index (χ1) is 13.7. The Bertz CT molecular complexity index is 1130. The maximum absolute atomic E-state index is 12.9. The summed E-state index contributed by atoms with van der Waals surface area (Å²) in [5.41, 5.74) is 2.74. The number of hydrogen-bond acceptors (Lipinski definition) is 4. The van der Waals surface area contributed by atoms with Crippen molar-refractivity contribution < 1.29 is 19.4 Å². The van der Waals surface area contributed by atoms with Crippen LogP contribution >= 0.6 is 59.1 Å². The van der Waals surface area contributed by atoms with Crippen molar-refractivity contribution in [1.82, 2.24) is 0 Å². The summed E-state index contributed by atoms with van der Waals surface area (Å²) in [5, 5.41) is 14.5. The Hall–Kier alpha value is -1.68. The molecule has 1 heterocycles. The predicted octanol–water partition coefficient (Wildman–Crippen LogP) is 6.97. The average molecular weight is 604 g/mol. The molecule has 2 aromatic carbocycles. The molecule has 0 aliphatic rings. The van der Waals surface area contributed by atoms with Gasteiger partial charge in [-0.05, 0) is 66.3 Å². The number of hydrogen-bond donors (Lipinski definition) is 2. The van der Waals surface area contributed by atoms with Crippen molar-refractivity contribution in [1.29, 1.82) is 0 Å². The number of halogens is 3. The molecule has 2 N–H and O–H groups in total. The summed E-state index contributed by atoms with van der Waals surface area (Å²) in [7, 11) is 1.49. The van der Waals surface area contributed by atoms with Gasteiger partial charge in [0.25, 0.3) is 5.91 Å². The number of carbonyl (C=O) groups excluding carboxylic acids is 1. The van der Waals surface area contributed by atoms with Gasteiger partial charge >= 0.3 is 5.97 Å². The van der Waals surface area contributed by atoms with Crippen LogP contribution in [0.15, 0.2) is 49.1 Å². The van der Waals surface area contributed by atoms with Gasteiger partial charge < -0.3 is 15.2 Å². The number of methoxy groups -OCH3 is 1. The number of benzene rings is 2. The molecule has 0 unspecified atom stereocenters. The summed E-state index contributed by atoms with van der Waals surface area (Å²) in [6.45, 7) is 1.94. The molecule has 29 heavy (non-hydrogen) atoms. The van der Waals surface area contributed by atoms with E-state index in [1.165, 1.54) is 18.4 Å². The highest BCUT2D eigenvalue weighted by molar-refractivity contribution is 9.13. The summed E-state index contributed by atoms with van der Waals surface area (Å²) < 4.78 is 7.09. The molecule has 0 saturated heterocycles. The van der Waals surface area contributed by atoms with Gasteiger partial charge in [0.15, 0.2) is 0 Å². The monoisotopic (exact) mass is 601 g/mol. The van der Waals surface area contributed by atoms with Crippen LogP contribution in [0.2, 0.25) is 0 Å². The average Bonchev–Trinajstić information content (AvgIpc) is 3.09. The fraction of sp³-hybridized carbons (Fsp3) is 0.100. The summed E-state index contributed by atoms with van der Waals surface area (Å²) in [6, 6.07) is 9.19. The molecule has 0 radical (unpaired) electrons. The number of thiophene rings is 1. The highest BCUT2D eigenvalue weighted by Crippen LogP contribution is 2.42. The topological polar surface area (TPSA) is 75.6 Å². The Morgan fingerprint density at radius 2 is 1.86 bits per heavy atom. The number of carboxylic acid groups (broad SMARTS) is 1. The molecule has 150 valence electrons.